The van der Waals surface area contributed by atoms with E-state index in [0.717, 1.165) is 17.5 Å². The second kappa shape index (κ2) is 5.77. The van der Waals surface area contributed by atoms with E-state index in [1.807, 2.05) is 12.1 Å². The second-order valence-electron chi connectivity index (χ2n) is 6.73. The zero-order valence-corrected chi connectivity index (χ0v) is 12.8. The Hall–Kier alpha value is -1.02. The Balaban J connectivity index is 1.84. The van der Waals surface area contributed by atoms with Crippen molar-refractivity contribution in [3.63, 3.8) is 0 Å². The summed E-state index contributed by atoms with van der Waals surface area (Å²) in [6.45, 7) is 5.57. The third-order valence-corrected chi connectivity index (χ3v) is 5.42. The van der Waals surface area contributed by atoms with Crippen molar-refractivity contribution < 1.29 is 5.11 Å². The van der Waals surface area contributed by atoms with Crippen LogP contribution >= 0.6 is 0 Å². The first-order valence-corrected chi connectivity index (χ1v) is 8.22. The number of benzene rings is 1. The van der Waals surface area contributed by atoms with Crippen molar-refractivity contribution in [2.75, 3.05) is 6.54 Å². The van der Waals surface area contributed by atoms with Crippen LogP contribution in [0.3, 0.4) is 0 Å². The van der Waals surface area contributed by atoms with E-state index in [9.17, 15) is 5.11 Å². The van der Waals surface area contributed by atoms with Crippen LogP contribution in [0.25, 0.3) is 0 Å². The number of fused-ring (bicyclic) bond motifs is 1. The van der Waals surface area contributed by atoms with Gasteiger partial charge in [-0.1, -0.05) is 30.5 Å². The molecule has 1 aliphatic heterocycles. The Morgan fingerprint density at radius 2 is 1.90 bits per heavy atom. The number of aryl methyl sites for hydroxylation is 1. The number of phenols is 1. The maximum Gasteiger partial charge on any atom is 0.120 e. The molecule has 1 aromatic carbocycles. The third kappa shape index (κ3) is 2.58. The largest absolute Gasteiger partial charge is 0.508 e. The van der Waals surface area contributed by atoms with E-state index in [1.54, 1.807) is 0 Å². The highest BCUT2D eigenvalue weighted by molar-refractivity contribution is 5.38. The molecule has 20 heavy (non-hydrogen) atoms. The molecule has 3 unspecified atom stereocenters. The van der Waals surface area contributed by atoms with Crippen LogP contribution in [0.1, 0.15) is 62.6 Å². The molecule has 0 radical (unpaired) electrons. The van der Waals surface area contributed by atoms with Crippen molar-refractivity contribution in [3.8, 4) is 5.75 Å². The van der Waals surface area contributed by atoms with E-state index < -0.39 is 0 Å². The van der Waals surface area contributed by atoms with Crippen LogP contribution in [0, 0.1) is 12.8 Å². The van der Waals surface area contributed by atoms with Gasteiger partial charge < -0.3 is 5.11 Å². The normalized spacial score (nSPS) is 28.9. The Morgan fingerprint density at radius 3 is 2.75 bits per heavy atom. The lowest BCUT2D eigenvalue weighted by molar-refractivity contribution is 0.0301. The molecule has 2 heteroatoms. The fourth-order valence-corrected chi connectivity index (χ4v) is 4.33. The first-order chi connectivity index (χ1) is 9.66. The molecule has 1 heterocycles. The molecule has 1 aliphatic carbocycles. The van der Waals surface area contributed by atoms with Crippen molar-refractivity contribution in [2.24, 2.45) is 5.92 Å². The molecule has 2 fully saturated rings. The van der Waals surface area contributed by atoms with Gasteiger partial charge >= 0.3 is 0 Å². The third-order valence-electron chi connectivity index (χ3n) is 5.42. The van der Waals surface area contributed by atoms with Crippen molar-refractivity contribution >= 4 is 0 Å². The Bertz CT molecular complexity index is 468. The maximum atomic E-state index is 10.2. The average Bonchev–Trinajstić information content (AvgIpc) is 2.48. The molecule has 3 atom stereocenters. The predicted octanol–water partition coefficient (Wildman–Crippen LogP) is 4.42. The summed E-state index contributed by atoms with van der Waals surface area (Å²) in [5.41, 5.74) is 2.35. The molecule has 110 valence electrons. The Labute approximate surface area is 122 Å². The van der Waals surface area contributed by atoms with E-state index >= 15 is 0 Å². The summed E-state index contributed by atoms with van der Waals surface area (Å²) in [5, 5.41) is 10.2. The van der Waals surface area contributed by atoms with Gasteiger partial charge in [-0.05, 0) is 58.1 Å². The summed E-state index contributed by atoms with van der Waals surface area (Å²) in [4.78, 5) is 2.67. The number of piperidine rings is 1. The Kier molecular flexibility index (Phi) is 4.02. The topological polar surface area (TPSA) is 23.5 Å². The van der Waals surface area contributed by atoms with Gasteiger partial charge in [0.15, 0.2) is 0 Å². The SMILES string of the molecule is Cc1ccc(O)c(C(C)N2CCCC3CCCCC32)c1. The van der Waals surface area contributed by atoms with E-state index in [-0.39, 0.29) is 0 Å². The van der Waals surface area contributed by atoms with Crippen LogP contribution in [0.5, 0.6) is 5.75 Å². The average molecular weight is 273 g/mol. The zero-order valence-electron chi connectivity index (χ0n) is 12.8. The van der Waals surface area contributed by atoms with Crippen LogP contribution in [-0.4, -0.2) is 22.6 Å². The molecule has 2 aliphatic rings. The Morgan fingerprint density at radius 1 is 1.15 bits per heavy atom. The fourth-order valence-electron chi connectivity index (χ4n) is 4.33. The molecule has 1 saturated heterocycles. The molecular formula is C18H27NO. The highest BCUT2D eigenvalue weighted by atomic mass is 16.3. The number of nitrogens with zero attached hydrogens (tertiary/aromatic N) is 1. The summed E-state index contributed by atoms with van der Waals surface area (Å²) in [5.74, 6) is 1.35. The lowest BCUT2D eigenvalue weighted by Crippen LogP contribution is -2.47. The summed E-state index contributed by atoms with van der Waals surface area (Å²) >= 11 is 0. The molecule has 0 amide bonds. The van der Waals surface area contributed by atoms with Gasteiger partial charge in [0, 0.05) is 17.6 Å². The van der Waals surface area contributed by atoms with Crippen molar-refractivity contribution in [3.05, 3.63) is 29.3 Å². The minimum absolute atomic E-state index is 0.334. The quantitative estimate of drug-likeness (QED) is 0.862. The van der Waals surface area contributed by atoms with Crippen molar-refractivity contribution in [1.82, 2.24) is 4.90 Å². The lowest BCUT2D eigenvalue weighted by atomic mass is 9.77. The number of aromatic hydroxyl groups is 1. The highest BCUT2D eigenvalue weighted by Gasteiger charge is 2.36. The van der Waals surface area contributed by atoms with E-state index in [4.69, 9.17) is 0 Å². The molecule has 1 saturated carbocycles. The van der Waals surface area contributed by atoms with Gasteiger partial charge in [0.1, 0.15) is 5.75 Å². The fraction of sp³-hybridized carbons (Fsp3) is 0.667. The van der Waals surface area contributed by atoms with E-state index in [0.29, 0.717) is 11.8 Å². The van der Waals surface area contributed by atoms with Gasteiger partial charge in [-0.3, -0.25) is 4.90 Å². The highest BCUT2D eigenvalue weighted by Crippen LogP contribution is 2.40. The van der Waals surface area contributed by atoms with Crippen LogP contribution in [0.2, 0.25) is 0 Å². The van der Waals surface area contributed by atoms with Gasteiger partial charge in [0.2, 0.25) is 0 Å². The van der Waals surface area contributed by atoms with E-state index in [1.165, 1.54) is 50.6 Å². The first-order valence-electron chi connectivity index (χ1n) is 8.22. The van der Waals surface area contributed by atoms with Crippen LogP contribution < -0.4 is 0 Å². The van der Waals surface area contributed by atoms with Gasteiger partial charge in [-0.2, -0.15) is 0 Å². The molecule has 3 rings (SSSR count). The number of rotatable bonds is 2. The minimum atomic E-state index is 0.334. The molecule has 1 aromatic rings. The number of phenolic OH excluding ortho intramolecular Hbond substituents is 1. The monoisotopic (exact) mass is 273 g/mol. The lowest BCUT2D eigenvalue weighted by Gasteiger charge is -2.47. The van der Waals surface area contributed by atoms with Crippen molar-refractivity contribution in [1.29, 1.82) is 0 Å². The van der Waals surface area contributed by atoms with Gasteiger partial charge in [-0.15, -0.1) is 0 Å². The van der Waals surface area contributed by atoms with Crippen molar-refractivity contribution in [2.45, 2.75) is 64.5 Å². The van der Waals surface area contributed by atoms with Gasteiger partial charge in [0.25, 0.3) is 0 Å². The minimum Gasteiger partial charge on any atom is -0.508 e. The summed E-state index contributed by atoms with van der Waals surface area (Å²) in [7, 11) is 0. The number of hydrogen-bond acceptors (Lipinski definition) is 2. The van der Waals surface area contributed by atoms with Crippen LogP contribution in [0.4, 0.5) is 0 Å². The number of likely N-dealkylation sites (tertiary alicyclic amines) is 1. The summed E-state index contributed by atoms with van der Waals surface area (Å²) < 4.78 is 0. The molecule has 0 spiro atoms. The zero-order chi connectivity index (χ0) is 14.1. The van der Waals surface area contributed by atoms with Crippen LogP contribution in [0.15, 0.2) is 18.2 Å². The molecular weight excluding hydrogens is 246 g/mol. The smallest absolute Gasteiger partial charge is 0.120 e. The molecule has 0 bridgehead atoms. The van der Waals surface area contributed by atoms with Crippen LogP contribution in [-0.2, 0) is 0 Å². The standard InChI is InChI=1S/C18H27NO/c1-13-9-10-18(20)16(12-13)14(2)19-11-5-7-15-6-3-4-8-17(15)19/h9-10,12,14-15,17,20H,3-8,11H2,1-2H3. The second-order valence-corrected chi connectivity index (χ2v) is 6.73. The van der Waals surface area contributed by atoms with Gasteiger partial charge in [-0.25, -0.2) is 0 Å². The van der Waals surface area contributed by atoms with Gasteiger partial charge in [0.05, 0.1) is 0 Å². The molecule has 2 nitrogen and oxygen atoms in total. The molecule has 0 aromatic heterocycles. The maximum absolute atomic E-state index is 10.2. The summed E-state index contributed by atoms with van der Waals surface area (Å²) in [6.07, 6.45) is 8.28. The first kappa shape index (κ1) is 13.9. The number of hydrogen-bond donors (Lipinski definition) is 1. The predicted molar refractivity (Wildman–Crippen MR) is 82.9 cm³/mol. The van der Waals surface area contributed by atoms with E-state index in [2.05, 4.69) is 24.8 Å². The summed E-state index contributed by atoms with van der Waals surface area (Å²) in [6, 6.07) is 7.08. The molecule has 1 N–H and O–H groups in total.